The van der Waals surface area contributed by atoms with E-state index in [2.05, 4.69) is 0 Å². The number of nitrogen functional groups attached to an aromatic ring is 1. The SMILES string of the molecule is COc1ccc2c(c1)C(=O)O/C2=C/c1cc(O)ccc1N. The number of carbonyl (C=O) groups excluding carboxylic acids is 1. The van der Waals surface area contributed by atoms with Crippen molar-refractivity contribution < 1.29 is 19.4 Å². The van der Waals surface area contributed by atoms with Gasteiger partial charge in [-0.25, -0.2) is 4.79 Å². The topological polar surface area (TPSA) is 81.8 Å². The van der Waals surface area contributed by atoms with Crippen molar-refractivity contribution in [3.05, 3.63) is 53.1 Å². The zero-order chi connectivity index (χ0) is 15.0. The molecule has 0 fully saturated rings. The minimum atomic E-state index is -0.436. The first-order chi connectivity index (χ1) is 10.1. The molecule has 0 atom stereocenters. The summed E-state index contributed by atoms with van der Waals surface area (Å²) in [6.45, 7) is 0. The summed E-state index contributed by atoms with van der Waals surface area (Å²) in [6.07, 6.45) is 1.63. The Morgan fingerprint density at radius 1 is 1.19 bits per heavy atom. The zero-order valence-electron chi connectivity index (χ0n) is 11.3. The summed E-state index contributed by atoms with van der Waals surface area (Å²) in [5.41, 5.74) is 8.03. The van der Waals surface area contributed by atoms with Crippen LogP contribution in [0.5, 0.6) is 11.5 Å². The number of carbonyl (C=O) groups is 1. The number of ether oxygens (including phenoxy) is 2. The van der Waals surface area contributed by atoms with Gasteiger partial charge in [-0.15, -0.1) is 0 Å². The number of nitrogens with two attached hydrogens (primary N) is 1. The van der Waals surface area contributed by atoms with Crippen LogP contribution in [0.25, 0.3) is 11.8 Å². The largest absolute Gasteiger partial charge is 0.508 e. The van der Waals surface area contributed by atoms with Gasteiger partial charge in [0, 0.05) is 16.8 Å². The van der Waals surface area contributed by atoms with Gasteiger partial charge in [0.05, 0.1) is 12.7 Å². The van der Waals surface area contributed by atoms with Crippen molar-refractivity contribution >= 4 is 23.5 Å². The summed E-state index contributed by atoms with van der Waals surface area (Å²) in [7, 11) is 1.53. The maximum Gasteiger partial charge on any atom is 0.344 e. The van der Waals surface area contributed by atoms with Crippen LogP contribution in [-0.4, -0.2) is 18.2 Å². The summed E-state index contributed by atoms with van der Waals surface area (Å²) in [5.74, 6) is 0.642. The predicted molar refractivity (Wildman–Crippen MR) is 78.8 cm³/mol. The number of esters is 1. The highest BCUT2D eigenvalue weighted by molar-refractivity contribution is 6.06. The van der Waals surface area contributed by atoms with E-state index in [9.17, 15) is 9.90 Å². The Morgan fingerprint density at radius 2 is 2.00 bits per heavy atom. The van der Waals surface area contributed by atoms with Gasteiger partial charge in [-0.1, -0.05) is 0 Å². The molecule has 1 aliphatic rings. The lowest BCUT2D eigenvalue weighted by Crippen LogP contribution is -1.94. The van der Waals surface area contributed by atoms with Crippen LogP contribution in [0.3, 0.4) is 0 Å². The van der Waals surface area contributed by atoms with E-state index >= 15 is 0 Å². The first kappa shape index (κ1) is 13.1. The molecular formula is C16H13NO4. The lowest BCUT2D eigenvalue weighted by atomic mass is 10.1. The number of phenolic OH excluding ortho intramolecular Hbond substituents is 1. The van der Waals surface area contributed by atoms with Crippen LogP contribution in [0, 0.1) is 0 Å². The van der Waals surface area contributed by atoms with E-state index in [1.54, 1.807) is 30.3 Å². The van der Waals surface area contributed by atoms with Gasteiger partial charge in [-0.2, -0.15) is 0 Å². The van der Waals surface area contributed by atoms with E-state index in [0.717, 1.165) is 0 Å². The highest BCUT2D eigenvalue weighted by Gasteiger charge is 2.27. The lowest BCUT2D eigenvalue weighted by molar-refractivity contribution is 0.0717. The average Bonchev–Trinajstić information content (AvgIpc) is 2.79. The molecule has 0 spiro atoms. The van der Waals surface area contributed by atoms with E-state index < -0.39 is 5.97 Å². The normalized spacial score (nSPS) is 14.9. The third-order valence-electron chi connectivity index (χ3n) is 3.27. The second-order valence-corrected chi connectivity index (χ2v) is 4.62. The Balaban J connectivity index is 2.08. The molecule has 0 radical (unpaired) electrons. The van der Waals surface area contributed by atoms with Crippen molar-refractivity contribution in [3.63, 3.8) is 0 Å². The number of hydrogen-bond donors (Lipinski definition) is 2. The smallest absolute Gasteiger partial charge is 0.344 e. The molecule has 0 aromatic heterocycles. The first-order valence-corrected chi connectivity index (χ1v) is 6.29. The van der Waals surface area contributed by atoms with Crippen LogP contribution in [0.4, 0.5) is 5.69 Å². The third kappa shape index (κ3) is 2.29. The Labute approximate surface area is 121 Å². The number of rotatable bonds is 2. The minimum absolute atomic E-state index is 0.0929. The third-order valence-corrected chi connectivity index (χ3v) is 3.27. The number of methoxy groups -OCH3 is 1. The van der Waals surface area contributed by atoms with Gasteiger partial charge in [-0.05, 0) is 42.5 Å². The highest BCUT2D eigenvalue weighted by atomic mass is 16.5. The Hall–Kier alpha value is -2.95. The van der Waals surface area contributed by atoms with E-state index in [1.807, 2.05) is 0 Å². The van der Waals surface area contributed by atoms with Gasteiger partial charge in [-0.3, -0.25) is 0 Å². The minimum Gasteiger partial charge on any atom is -0.508 e. The lowest BCUT2D eigenvalue weighted by Gasteiger charge is -2.04. The number of fused-ring (bicyclic) bond motifs is 1. The van der Waals surface area contributed by atoms with Crippen molar-refractivity contribution in [1.82, 2.24) is 0 Å². The van der Waals surface area contributed by atoms with Crippen molar-refractivity contribution in [2.45, 2.75) is 0 Å². The zero-order valence-corrected chi connectivity index (χ0v) is 11.3. The number of hydrogen-bond acceptors (Lipinski definition) is 5. The fraction of sp³-hybridized carbons (Fsp3) is 0.0625. The number of anilines is 1. The van der Waals surface area contributed by atoms with Crippen LogP contribution in [-0.2, 0) is 4.74 Å². The molecular weight excluding hydrogens is 270 g/mol. The molecule has 1 aliphatic heterocycles. The van der Waals surface area contributed by atoms with E-state index in [4.69, 9.17) is 15.2 Å². The van der Waals surface area contributed by atoms with Gasteiger partial charge >= 0.3 is 5.97 Å². The maximum atomic E-state index is 11.9. The van der Waals surface area contributed by atoms with Crippen LogP contribution in [0.1, 0.15) is 21.5 Å². The van der Waals surface area contributed by atoms with Gasteiger partial charge in [0.2, 0.25) is 0 Å². The molecule has 2 aromatic carbocycles. The van der Waals surface area contributed by atoms with Crippen molar-refractivity contribution in [1.29, 1.82) is 0 Å². The molecule has 3 rings (SSSR count). The second kappa shape index (κ2) is 4.86. The summed E-state index contributed by atoms with van der Waals surface area (Å²) < 4.78 is 10.4. The molecule has 5 nitrogen and oxygen atoms in total. The summed E-state index contributed by atoms with van der Waals surface area (Å²) >= 11 is 0. The molecule has 0 saturated carbocycles. The molecule has 3 N–H and O–H groups in total. The van der Waals surface area contributed by atoms with Crippen LogP contribution >= 0.6 is 0 Å². The van der Waals surface area contributed by atoms with Crippen LogP contribution in [0.15, 0.2) is 36.4 Å². The molecule has 0 amide bonds. The van der Waals surface area contributed by atoms with E-state index in [0.29, 0.717) is 33.9 Å². The maximum absolute atomic E-state index is 11.9. The van der Waals surface area contributed by atoms with Crippen LogP contribution < -0.4 is 10.5 Å². The first-order valence-electron chi connectivity index (χ1n) is 6.29. The van der Waals surface area contributed by atoms with Gasteiger partial charge in [0.25, 0.3) is 0 Å². The summed E-state index contributed by atoms with van der Waals surface area (Å²) in [4.78, 5) is 11.9. The summed E-state index contributed by atoms with van der Waals surface area (Å²) in [5, 5.41) is 9.52. The average molecular weight is 283 g/mol. The van der Waals surface area contributed by atoms with E-state index in [1.165, 1.54) is 19.2 Å². The van der Waals surface area contributed by atoms with Crippen LogP contribution in [0.2, 0.25) is 0 Å². The molecule has 0 aliphatic carbocycles. The van der Waals surface area contributed by atoms with Gasteiger partial charge in [0.15, 0.2) is 0 Å². The number of aromatic hydroxyl groups is 1. The van der Waals surface area contributed by atoms with Crippen molar-refractivity contribution in [2.75, 3.05) is 12.8 Å². The molecule has 106 valence electrons. The van der Waals surface area contributed by atoms with Crippen molar-refractivity contribution in [3.8, 4) is 11.5 Å². The molecule has 0 saturated heterocycles. The van der Waals surface area contributed by atoms with Crippen molar-refractivity contribution in [2.24, 2.45) is 0 Å². The Morgan fingerprint density at radius 3 is 2.76 bits per heavy atom. The number of phenols is 1. The molecule has 1 heterocycles. The highest BCUT2D eigenvalue weighted by Crippen LogP contribution is 2.34. The molecule has 2 aromatic rings. The molecule has 21 heavy (non-hydrogen) atoms. The quantitative estimate of drug-likeness (QED) is 0.503. The standard InChI is InChI=1S/C16H13NO4/c1-20-11-3-4-12-13(8-11)16(19)21-15(12)7-9-6-10(18)2-5-14(9)17/h2-8,18H,17H2,1H3/b15-7+. The molecule has 0 bridgehead atoms. The fourth-order valence-electron chi connectivity index (χ4n) is 2.18. The summed E-state index contributed by atoms with van der Waals surface area (Å²) in [6, 6.07) is 9.73. The van der Waals surface area contributed by atoms with Gasteiger partial charge < -0.3 is 20.3 Å². The molecule has 0 unspecified atom stereocenters. The Kier molecular flexibility index (Phi) is 3.02. The molecule has 5 heteroatoms. The predicted octanol–water partition coefficient (Wildman–Crippen LogP) is 2.65. The monoisotopic (exact) mass is 283 g/mol. The van der Waals surface area contributed by atoms with E-state index in [-0.39, 0.29) is 5.75 Å². The number of benzene rings is 2. The Bertz CT molecular complexity index is 765. The number of cyclic esters (lactones) is 1. The fourth-order valence-corrected chi connectivity index (χ4v) is 2.18. The second-order valence-electron chi connectivity index (χ2n) is 4.62. The van der Waals surface area contributed by atoms with Gasteiger partial charge in [0.1, 0.15) is 17.3 Å².